The Bertz CT molecular complexity index is 605. The van der Waals surface area contributed by atoms with Crippen LogP contribution >= 0.6 is 0 Å². The van der Waals surface area contributed by atoms with Crippen LogP contribution in [0.5, 0.6) is 11.5 Å². The van der Waals surface area contributed by atoms with Crippen molar-refractivity contribution in [2.75, 3.05) is 38.2 Å². The van der Waals surface area contributed by atoms with Crippen LogP contribution in [0.3, 0.4) is 0 Å². The van der Waals surface area contributed by atoms with Crippen LogP contribution in [-0.2, 0) is 6.54 Å². The number of aromatic hydroxyl groups is 1. The van der Waals surface area contributed by atoms with Crippen LogP contribution in [0, 0.1) is 0 Å². The maximum Gasteiger partial charge on any atom is 0.119 e. The number of nitrogens with zero attached hydrogens (tertiary/aromatic N) is 1. The van der Waals surface area contributed by atoms with Crippen LogP contribution in [-0.4, -0.2) is 38.4 Å². The topological polar surface area (TPSA) is 37.1 Å². The van der Waals surface area contributed by atoms with Gasteiger partial charge in [0.15, 0.2) is 0 Å². The lowest BCUT2D eigenvalue weighted by Crippen LogP contribution is -3.13. The lowest BCUT2D eigenvalue weighted by molar-refractivity contribution is -0.914. The highest BCUT2D eigenvalue weighted by Crippen LogP contribution is 2.19. The van der Waals surface area contributed by atoms with E-state index < -0.39 is 0 Å². The number of phenolic OH excluding ortho intramolecular Hbond substituents is 1. The van der Waals surface area contributed by atoms with Gasteiger partial charge in [0, 0.05) is 11.3 Å². The van der Waals surface area contributed by atoms with Gasteiger partial charge >= 0.3 is 0 Å². The van der Waals surface area contributed by atoms with Gasteiger partial charge < -0.3 is 19.6 Å². The summed E-state index contributed by atoms with van der Waals surface area (Å²) in [6.45, 7) is 5.31. The highest BCUT2D eigenvalue weighted by Gasteiger charge is 2.20. The van der Waals surface area contributed by atoms with Crippen molar-refractivity contribution in [2.45, 2.75) is 6.54 Å². The zero-order chi connectivity index (χ0) is 15.4. The number of benzene rings is 2. The van der Waals surface area contributed by atoms with Gasteiger partial charge in [0.2, 0.25) is 0 Å². The Labute approximate surface area is 131 Å². The molecule has 0 bridgehead atoms. The molecule has 0 saturated carbocycles. The minimum Gasteiger partial charge on any atom is -0.508 e. The predicted molar refractivity (Wildman–Crippen MR) is 87.7 cm³/mol. The second-order valence-electron chi connectivity index (χ2n) is 5.78. The number of ether oxygens (including phenoxy) is 1. The number of methoxy groups -OCH3 is 1. The average molecular weight is 299 g/mol. The van der Waals surface area contributed by atoms with Gasteiger partial charge in [0.05, 0.1) is 33.3 Å². The normalized spacial score (nSPS) is 15.8. The summed E-state index contributed by atoms with van der Waals surface area (Å²) in [6.07, 6.45) is 0. The molecule has 0 amide bonds. The van der Waals surface area contributed by atoms with E-state index in [1.54, 1.807) is 18.1 Å². The molecule has 4 nitrogen and oxygen atoms in total. The first-order valence-electron chi connectivity index (χ1n) is 7.75. The molecular formula is C18H23N2O2+. The molecule has 1 fully saturated rings. The number of hydrogen-bond acceptors (Lipinski definition) is 3. The minimum atomic E-state index is 0.355. The summed E-state index contributed by atoms with van der Waals surface area (Å²) in [4.78, 5) is 3.99. The van der Waals surface area contributed by atoms with E-state index in [-0.39, 0.29) is 0 Å². The van der Waals surface area contributed by atoms with Crippen LogP contribution in [0.15, 0.2) is 48.5 Å². The standard InChI is InChI=1S/C18H22N2O2/c1-22-18-7-5-16(6-8-18)20-11-9-19(10-12-20)14-15-3-2-4-17(21)13-15/h2-8,13,21H,9-12,14H2,1H3/p+1. The molecule has 2 N–H and O–H groups in total. The Morgan fingerprint density at radius 2 is 1.82 bits per heavy atom. The second-order valence-corrected chi connectivity index (χ2v) is 5.78. The maximum absolute atomic E-state index is 9.55. The first-order valence-corrected chi connectivity index (χ1v) is 7.75. The summed E-state index contributed by atoms with van der Waals surface area (Å²) in [5.74, 6) is 1.26. The second kappa shape index (κ2) is 6.71. The van der Waals surface area contributed by atoms with Gasteiger partial charge in [0.1, 0.15) is 18.0 Å². The summed E-state index contributed by atoms with van der Waals surface area (Å²) < 4.78 is 5.21. The summed E-state index contributed by atoms with van der Waals surface area (Å²) in [5.41, 5.74) is 2.46. The summed E-state index contributed by atoms with van der Waals surface area (Å²) in [5, 5.41) is 9.55. The molecule has 0 radical (unpaired) electrons. The average Bonchev–Trinajstić information content (AvgIpc) is 2.56. The van der Waals surface area contributed by atoms with Gasteiger partial charge in [-0.2, -0.15) is 0 Å². The van der Waals surface area contributed by atoms with Crippen molar-refractivity contribution in [3.63, 3.8) is 0 Å². The van der Waals surface area contributed by atoms with Crippen molar-refractivity contribution in [2.24, 2.45) is 0 Å². The monoisotopic (exact) mass is 299 g/mol. The fraction of sp³-hybridized carbons (Fsp3) is 0.333. The quantitative estimate of drug-likeness (QED) is 0.894. The molecule has 2 aromatic rings. The number of quaternary nitrogens is 1. The third-order valence-electron chi connectivity index (χ3n) is 4.27. The van der Waals surface area contributed by atoms with E-state index in [2.05, 4.69) is 23.1 Å². The first-order chi connectivity index (χ1) is 10.7. The number of piperazine rings is 1. The van der Waals surface area contributed by atoms with Crippen LogP contribution < -0.4 is 14.5 Å². The highest BCUT2D eigenvalue weighted by atomic mass is 16.5. The minimum absolute atomic E-state index is 0.355. The molecule has 0 atom stereocenters. The largest absolute Gasteiger partial charge is 0.508 e. The zero-order valence-corrected chi connectivity index (χ0v) is 13.0. The molecule has 22 heavy (non-hydrogen) atoms. The molecule has 1 aliphatic heterocycles. The molecule has 0 aromatic heterocycles. The van der Waals surface area contributed by atoms with Crippen LogP contribution in [0.4, 0.5) is 5.69 Å². The smallest absolute Gasteiger partial charge is 0.119 e. The fourth-order valence-electron chi connectivity index (χ4n) is 3.01. The van der Waals surface area contributed by atoms with Crippen molar-refractivity contribution in [3.8, 4) is 11.5 Å². The Morgan fingerprint density at radius 1 is 1.09 bits per heavy atom. The highest BCUT2D eigenvalue weighted by molar-refractivity contribution is 5.49. The van der Waals surface area contributed by atoms with Crippen molar-refractivity contribution in [1.82, 2.24) is 0 Å². The SMILES string of the molecule is COc1ccc(N2CC[NH+](Cc3cccc(O)c3)CC2)cc1. The summed E-state index contributed by atoms with van der Waals surface area (Å²) in [7, 11) is 1.69. The van der Waals surface area contributed by atoms with Gasteiger partial charge in [0.25, 0.3) is 0 Å². The van der Waals surface area contributed by atoms with Crippen molar-refractivity contribution in [3.05, 3.63) is 54.1 Å². The van der Waals surface area contributed by atoms with E-state index in [0.717, 1.165) is 38.5 Å². The molecule has 1 aliphatic rings. The van der Waals surface area contributed by atoms with Crippen LogP contribution in [0.2, 0.25) is 0 Å². The Morgan fingerprint density at radius 3 is 2.45 bits per heavy atom. The number of phenols is 1. The van der Waals surface area contributed by atoms with Crippen LogP contribution in [0.25, 0.3) is 0 Å². The Balaban J connectivity index is 1.55. The molecule has 0 unspecified atom stereocenters. The molecule has 116 valence electrons. The number of anilines is 1. The van der Waals surface area contributed by atoms with E-state index in [4.69, 9.17) is 4.74 Å². The van der Waals surface area contributed by atoms with Crippen molar-refractivity contribution < 1.29 is 14.7 Å². The summed E-state index contributed by atoms with van der Waals surface area (Å²) in [6, 6.07) is 15.9. The van der Waals surface area contributed by atoms with E-state index in [1.807, 2.05) is 24.3 Å². The number of hydrogen-bond donors (Lipinski definition) is 2. The van der Waals surface area contributed by atoms with E-state index in [1.165, 1.54) is 11.3 Å². The third kappa shape index (κ3) is 3.52. The van der Waals surface area contributed by atoms with Crippen molar-refractivity contribution in [1.29, 1.82) is 0 Å². The number of rotatable bonds is 4. The first kappa shape index (κ1) is 14.7. The lowest BCUT2D eigenvalue weighted by atomic mass is 10.2. The van der Waals surface area contributed by atoms with Gasteiger partial charge in [-0.1, -0.05) is 12.1 Å². The molecule has 1 saturated heterocycles. The van der Waals surface area contributed by atoms with E-state index in [0.29, 0.717) is 5.75 Å². The molecule has 2 aromatic carbocycles. The van der Waals surface area contributed by atoms with E-state index in [9.17, 15) is 5.11 Å². The fourth-order valence-corrected chi connectivity index (χ4v) is 3.01. The Hall–Kier alpha value is -2.20. The van der Waals surface area contributed by atoms with Gasteiger partial charge in [-0.3, -0.25) is 0 Å². The predicted octanol–water partition coefficient (Wildman–Crippen LogP) is 1.31. The zero-order valence-electron chi connectivity index (χ0n) is 13.0. The van der Waals surface area contributed by atoms with Gasteiger partial charge in [-0.05, 0) is 36.4 Å². The van der Waals surface area contributed by atoms with E-state index >= 15 is 0 Å². The Kier molecular flexibility index (Phi) is 4.49. The van der Waals surface area contributed by atoms with Gasteiger partial charge in [-0.15, -0.1) is 0 Å². The lowest BCUT2D eigenvalue weighted by Gasteiger charge is -2.33. The van der Waals surface area contributed by atoms with Crippen molar-refractivity contribution >= 4 is 5.69 Å². The number of nitrogens with one attached hydrogen (secondary N) is 1. The van der Waals surface area contributed by atoms with Gasteiger partial charge in [-0.25, -0.2) is 0 Å². The molecule has 0 aliphatic carbocycles. The molecule has 1 heterocycles. The molecule has 4 heteroatoms. The molecule has 0 spiro atoms. The van der Waals surface area contributed by atoms with Crippen LogP contribution in [0.1, 0.15) is 5.56 Å². The molecular weight excluding hydrogens is 276 g/mol. The third-order valence-corrected chi connectivity index (χ3v) is 4.27. The maximum atomic E-state index is 9.55. The molecule has 3 rings (SSSR count). The summed E-state index contributed by atoms with van der Waals surface area (Å²) >= 11 is 0.